The Morgan fingerprint density at radius 2 is 1.64 bits per heavy atom. The Balaban J connectivity index is 0.00000306. The molecule has 0 aliphatic heterocycles. The van der Waals surface area contributed by atoms with E-state index in [1.807, 2.05) is 4.72 Å². The molecule has 33 heavy (non-hydrogen) atoms. The summed E-state index contributed by atoms with van der Waals surface area (Å²) in [5.74, 6) is -3.59. The van der Waals surface area contributed by atoms with Crippen LogP contribution in [0.1, 0.15) is 2.85 Å². The summed E-state index contributed by atoms with van der Waals surface area (Å²) in [6, 6.07) is 8.71. The quantitative estimate of drug-likeness (QED) is 0.449. The Morgan fingerprint density at radius 1 is 1.06 bits per heavy atom. The highest BCUT2D eigenvalue weighted by atomic mass is 32.2. The SMILES string of the molecule is C=C/C(F)=C(\C(=C)F)S(=O)(=O)Nc1ccc(NS(=O)(=O)c2ccc3c(c2)oc(=O)n3C)cc1.[HH].[HH]. The molecule has 3 rings (SSSR count). The molecule has 0 spiro atoms. The largest absolute Gasteiger partial charge is 0.419 e. The number of halogens is 2. The average molecular weight is 502 g/mol. The van der Waals surface area contributed by atoms with Crippen LogP contribution in [0.15, 0.2) is 92.4 Å². The molecular formula is C20H21F2N3O6S2. The van der Waals surface area contributed by atoms with Gasteiger partial charge in [0.1, 0.15) is 11.7 Å². The highest BCUT2D eigenvalue weighted by molar-refractivity contribution is 7.96. The van der Waals surface area contributed by atoms with Crippen molar-refractivity contribution in [3.05, 3.63) is 88.8 Å². The van der Waals surface area contributed by atoms with E-state index in [-0.39, 0.29) is 24.7 Å². The number of allylic oxidation sites excluding steroid dienone is 3. The average Bonchev–Trinajstić information content (AvgIpc) is 3.01. The van der Waals surface area contributed by atoms with Crippen LogP contribution < -0.4 is 15.2 Å². The van der Waals surface area contributed by atoms with Gasteiger partial charge in [-0.3, -0.25) is 14.0 Å². The van der Waals surface area contributed by atoms with Crippen molar-refractivity contribution in [1.29, 1.82) is 0 Å². The highest BCUT2D eigenvalue weighted by Crippen LogP contribution is 2.26. The molecule has 1 aromatic heterocycles. The number of rotatable bonds is 8. The number of aromatic nitrogens is 1. The van der Waals surface area contributed by atoms with Crippen LogP contribution in [-0.4, -0.2) is 21.4 Å². The molecule has 2 N–H and O–H groups in total. The molecule has 3 aromatic rings. The molecule has 0 aliphatic rings. The summed E-state index contributed by atoms with van der Waals surface area (Å²) in [5, 5.41) is 0. The topological polar surface area (TPSA) is 127 Å². The summed E-state index contributed by atoms with van der Waals surface area (Å²) in [7, 11) is -7.28. The van der Waals surface area contributed by atoms with Gasteiger partial charge in [-0.15, -0.1) is 0 Å². The summed E-state index contributed by atoms with van der Waals surface area (Å²) in [6.07, 6.45) is 0.523. The minimum atomic E-state index is -4.67. The number of sulfonamides is 2. The first-order chi connectivity index (χ1) is 15.4. The fourth-order valence-electron chi connectivity index (χ4n) is 2.80. The van der Waals surface area contributed by atoms with E-state index in [4.69, 9.17) is 4.42 Å². The van der Waals surface area contributed by atoms with E-state index >= 15 is 0 Å². The summed E-state index contributed by atoms with van der Waals surface area (Å²) in [5.41, 5.74) is 0.463. The first-order valence-electron chi connectivity index (χ1n) is 8.98. The van der Waals surface area contributed by atoms with Crippen molar-refractivity contribution in [3.63, 3.8) is 0 Å². The van der Waals surface area contributed by atoms with Gasteiger partial charge in [-0.2, -0.15) is 0 Å². The van der Waals surface area contributed by atoms with Crippen LogP contribution in [0.2, 0.25) is 0 Å². The maximum absolute atomic E-state index is 13.7. The fourth-order valence-corrected chi connectivity index (χ4v) is 5.06. The van der Waals surface area contributed by atoms with E-state index in [9.17, 15) is 30.4 Å². The first-order valence-corrected chi connectivity index (χ1v) is 11.9. The van der Waals surface area contributed by atoms with E-state index in [1.165, 1.54) is 54.1 Å². The highest BCUT2D eigenvalue weighted by Gasteiger charge is 2.25. The van der Waals surface area contributed by atoms with Gasteiger partial charge in [0, 0.05) is 27.3 Å². The Kier molecular flexibility index (Phi) is 6.29. The van der Waals surface area contributed by atoms with Crippen LogP contribution >= 0.6 is 0 Å². The van der Waals surface area contributed by atoms with Gasteiger partial charge in [-0.1, -0.05) is 13.2 Å². The van der Waals surface area contributed by atoms with E-state index in [2.05, 4.69) is 17.9 Å². The number of fused-ring (bicyclic) bond motifs is 1. The predicted molar refractivity (Wildman–Crippen MR) is 124 cm³/mol. The molecule has 0 saturated carbocycles. The lowest BCUT2D eigenvalue weighted by atomic mass is 10.3. The van der Waals surface area contributed by atoms with E-state index in [0.717, 1.165) is 0 Å². The molecule has 0 amide bonds. The van der Waals surface area contributed by atoms with Crippen LogP contribution in [0.4, 0.5) is 20.2 Å². The standard InChI is InChI=1S/C20H17F2N3O6S2.2H2/c1-4-16(22)19(12(2)21)33(29,30)24-14-7-5-13(6-8-14)23-32(27,28)15-9-10-17-18(11-15)31-20(26)25(17)3;;/h4-11,23-24H,1-2H2,3H3;2*1H/b19-16-;;. The molecule has 2 aromatic carbocycles. The third kappa shape index (κ3) is 4.88. The van der Waals surface area contributed by atoms with Gasteiger partial charge in [0.25, 0.3) is 20.0 Å². The molecule has 0 unspecified atom stereocenters. The summed E-state index contributed by atoms with van der Waals surface area (Å²) < 4.78 is 87.5. The number of benzene rings is 2. The summed E-state index contributed by atoms with van der Waals surface area (Å²) in [6.45, 7) is 5.86. The summed E-state index contributed by atoms with van der Waals surface area (Å²) >= 11 is 0. The molecule has 1 heterocycles. The minimum Gasteiger partial charge on any atom is -0.408 e. The van der Waals surface area contributed by atoms with Gasteiger partial charge >= 0.3 is 5.76 Å². The Hall–Kier alpha value is -3.71. The molecule has 0 aliphatic carbocycles. The molecular weight excluding hydrogens is 480 g/mol. The molecule has 0 saturated heterocycles. The van der Waals surface area contributed by atoms with E-state index < -0.39 is 42.4 Å². The van der Waals surface area contributed by atoms with E-state index in [0.29, 0.717) is 11.6 Å². The number of nitrogens with zero attached hydrogens (tertiary/aromatic N) is 1. The van der Waals surface area contributed by atoms with Crippen molar-refractivity contribution >= 4 is 42.5 Å². The third-order valence-corrected chi connectivity index (χ3v) is 7.21. The second kappa shape index (κ2) is 8.67. The fraction of sp³-hybridized carbons (Fsp3) is 0.0500. The van der Waals surface area contributed by atoms with Gasteiger partial charge in [0.15, 0.2) is 10.5 Å². The number of nitrogens with one attached hydrogen (secondary N) is 2. The Labute approximate surface area is 190 Å². The van der Waals surface area contributed by atoms with Crippen molar-refractivity contribution in [1.82, 2.24) is 4.57 Å². The van der Waals surface area contributed by atoms with Gasteiger partial charge in [0.2, 0.25) is 0 Å². The predicted octanol–water partition coefficient (Wildman–Crippen LogP) is 4.02. The zero-order valence-corrected chi connectivity index (χ0v) is 18.6. The number of oxazole rings is 1. The van der Waals surface area contributed by atoms with Crippen LogP contribution in [0.3, 0.4) is 0 Å². The number of aryl methyl sites for hydroxylation is 1. The summed E-state index contributed by atoms with van der Waals surface area (Å²) in [4.78, 5) is 10.1. The second-order valence-corrected chi connectivity index (χ2v) is 9.93. The van der Waals surface area contributed by atoms with Crippen molar-refractivity contribution < 1.29 is 32.9 Å². The second-order valence-electron chi connectivity index (χ2n) is 6.63. The van der Waals surface area contributed by atoms with Gasteiger partial charge in [0.05, 0.1) is 10.4 Å². The smallest absolute Gasteiger partial charge is 0.408 e. The number of hydrogen-bond acceptors (Lipinski definition) is 6. The third-order valence-electron chi connectivity index (χ3n) is 4.37. The lowest BCUT2D eigenvalue weighted by Crippen LogP contribution is -2.16. The zero-order chi connectivity index (χ0) is 24.6. The lowest BCUT2D eigenvalue weighted by molar-refractivity contribution is 0.527. The van der Waals surface area contributed by atoms with Crippen molar-refractivity contribution in [3.8, 4) is 0 Å². The van der Waals surface area contributed by atoms with Crippen LogP contribution in [-0.2, 0) is 27.1 Å². The zero-order valence-electron chi connectivity index (χ0n) is 17.0. The van der Waals surface area contributed by atoms with Gasteiger partial charge in [-0.25, -0.2) is 30.4 Å². The van der Waals surface area contributed by atoms with Crippen LogP contribution in [0.25, 0.3) is 11.1 Å². The minimum absolute atomic E-state index is 0. The maximum atomic E-state index is 13.7. The van der Waals surface area contributed by atoms with Crippen molar-refractivity contribution in [2.75, 3.05) is 9.44 Å². The molecule has 13 heteroatoms. The van der Waals surface area contributed by atoms with Gasteiger partial charge < -0.3 is 4.42 Å². The van der Waals surface area contributed by atoms with Gasteiger partial charge in [-0.05, 0) is 42.5 Å². The first kappa shape index (κ1) is 23.9. The van der Waals surface area contributed by atoms with Crippen molar-refractivity contribution in [2.45, 2.75) is 4.90 Å². The number of hydrogen-bond donors (Lipinski definition) is 2. The lowest BCUT2D eigenvalue weighted by Gasteiger charge is -2.12. The van der Waals surface area contributed by atoms with Crippen molar-refractivity contribution in [2.24, 2.45) is 7.05 Å². The Morgan fingerprint density at radius 3 is 2.18 bits per heavy atom. The molecule has 178 valence electrons. The molecule has 0 bridgehead atoms. The maximum Gasteiger partial charge on any atom is 0.419 e. The normalized spacial score (nSPS) is 12.8. The monoisotopic (exact) mass is 501 g/mol. The molecule has 9 nitrogen and oxygen atoms in total. The van der Waals surface area contributed by atoms with E-state index in [1.54, 1.807) is 0 Å². The van der Waals surface area contributed by atoms with Crippen LogP contribution in [0, 0.1) is 0 Å². The van der Waals surface area contributed by atoms with Crippen LogP contribution in [0.5, 0.6) is 0 Å². The Bertz CT molecular complexity index is 1580. The molecule has 0 atom stereocenters. The molecule has 0 radical (unpaired) electrons. The molecule has 0 fully saturated rings. The number of anilines is 2.